The molecule has 0 spiro atoms. The Morgan fingerprint density at radius 1 is 1.15 bits per heavy atom. The number of hydrogen-bond donors (Lipinski definition) is 1. The predicted molar refractivity (Wildman–Crippen MR) is 98.8 cm³/mol. The van der Waals surface area contributed by atoms with Crippen molar-refractivity contribution >= 4 is 27.2 Å². The van der Waals surface area contributed by atoms with Crippen molar-refractivity contribution in [3.05, 3.63) is 63.7 Å². The lowest BCUT2D eigenvalue weighted by Crippen LogP contribution is -2.31. The van der Waals surface area contributed by atoms with Crippen molar-refractivity contribution in [2.45, 2.75) is 18.7 Å². The molecule has 2 rings (SSSR count). The summed E-state index contributed by atoms with van der Waals surface area (Å²) in [5.41, 5.74) is 1.78. The molecular formula is C17H19N3O5S. The first-order valence-electron chi connectivity index (χ1n) is 7.67. The molecule has 1 N–H and O–H groups in total. The van der Waals surface area contributed by atoms with E-state index in [9.17, 15) is 23.3 Å². The fourth-order valence-electron chi connectivity index (χ4n) is 2.69. The van der Waals surface area contributed by atoms with Crippen molar-refractivity contribution in [2.75, 3.05) is 23.1 Å². The van der Waals surface area contributed by atoms with Gasteiger partial charge in [0.1, 0.15) is 0 Å². The third-order valence-corrected chi connectivity index (χ3v) is 5.56. The molecular weight excluding hydrogens is 358 g/mol. The molecule has 0 aliphatic rings. The number of urea groups is 1. The zero-order valence-corrected chi connectivity index (χ0v) is 15.4. The van der Waals surface area contributed by atoms with Gasteiger partial charge < -0.3 is 5.32 Å². The van der Waals surface area contributed by atoms with E-state index in [0.717, 1.165) is 0 Å². The van der Waals surface area contributed by atoms with E-state index in [1.165, 1.54) is 30.9 Å². The lowest BCUT2D eigenvalue weighted by molar-refractivity contribution is -0.458. The second-order valence-corrected chi connectivity index (χ2v) is 7.74. The van der Waals surface area contributed by atoms with Crippen LogP contribution in [0.2, 0.25) is 0 Å². The standard InChI is InChI=1S/C17H19N3O5S/c1-12-9-14(10-13(2)16(12)26(24,25)11-20(22)23)18-17(21)19(3)15-7-5-4-6-8-15/h4-10H,11H2,1-3H3,(H,18,21). The number of carbonyl (C=O) groups is 1. The van der Waals surface area contributed by atoms with Crippen LogP contribution in [0.5, 0.6) is 0 Å². The number of anilines is 2. The Balaban J connectivity index is 2.28. The second kappa shape index (κ2) is 7.52. The number of nitrogens with zero attached hydrogens (tertiary/aromatic N) is 2. The van der Waals surface area contributed by atoms with Gasteiger partial charge in [-0.1, -0.05) is 18.2 Å². The van der Waals surface area contributed by atoms with Crippen LogP contribution in [-0.2, 0) is 9.84 Å². The molecule has 0 saturated carbocycles. The van der Waals surface area contributed by atoms with Gasteiger partial charge in [-0.05, 0) is 49.2 Å². The fraction of sp³-hybridized carbons (Fsp3) is 0.235. The Bertz CT molecular complexity index is 919. The average molecular weight is 377 g/mol. The van der Waals surface area contributed by atoms with Gasteiger partial charge in [-0.3, -0.25) is 15.0 Å². The molecule has 8 nitrogen and oxygen atoms in total. The molecule has 2 aromatic rings. The monoisotopic (exact) mass is 377 g/mol. The van der Waals surface area contributed by atoms with Crippen LogP contribution < -0.4 is 10.2 Å². The van der Waals surface area contributed by atoms with Gasteiger partial charge in [-0.15, -0.1) is 0 Å². The molecule has 0 aliphatic carbocycles. The minimum absolute atomic E-state index is 0.0800. The summed E-state index contributed by atoms with van der Waals surface area (Å²) in [6, 6.07) is 11.6. The van der Waals surface area contributed by atoms with Crippen molar-refractivity contribution in [1.29, 1.82) is 0 Å². The minimum atomic E-state index is -4.05. The zero-order valence-electron chi connectivity index (χ0n) is 14.6. The van der Waals surface area contributed by atoms with E-state index in [4.69, 9.17) is 0 Å². The zero-order chi connectivity index (χ0) is 19.5. The van der Waals surface area contributed by atoms with E-state index in [1.807, 2.05) is 18.2 Å². The number of benzene rings is 2. The normalized spacial score (nSPS) is 11.0. The highest BCUT2D eigenvalue weighted by Crippen LogP contribution is 2.26. The maximum Gasteiger partial charge on any atom is 0.326 e. The van der Waals surface area contributed by atoms with Gasteiger partial charge in [0.2, 0.25) is 9.84 Å². The van der Waals surface area contributed by atoms with E-state index < -0.39 is 26.7 Å². The van der Waals surface area contributed by atoms with Crippen LogP contribution in [-0.4, -0.2) is 32.3 Å². The number of para-hydroxylation sites is 1. The van der Waals surface area contributed by atoms with E-state index >= 15 is 0 Å². The van der Waals surface area contributed by atoms with E-state index in [0.29, 0.717) is 22.5 Å². The summed E-state index contributed by atoms with van der Waals surface area (Å²) in [6.45, 7) is 3.08. The molecule has 2 aromatic carbocycles. The van der Waals surface area contributed by atoms with Gasteiger partial charge in [-0.2, -0.15) is 0 Å². The highest BCUT2D eigenvalue weighted by molar-refractivity contribution is 7.91. The third kappa shape index (κ3) is 4.37. The first-order chi connectivity index (χ1) is 12.1. The lowest BCUT2D eigenvalue weighted by Gasteiger charge is -2.19. The Labute approximate surface area is 151 Å². The smallest absolute Gasteiger partial charge is 0.308 e. The number of sulfone groups is 1. The first kappa shape index (κ1) is 19.4. The molecule has 0 aromatic heterocycles. The highest BCUT2D eigenvalue weighted by atomic mass is 32.2. The van der Waals surface area contributed by atoms with Gasteiger partial charge in [-0.25, -0.2) is 13.2 Å². The number of nitrogens with one attached hydrogen (secondary N) is 1. The quantitative estimate of drug-likeness (QED) is 0.636. The number of amides is 2. The molecule has 0 aliphatic heterocycles. The molecule has 138 valence electrons. The highest BCUT2D eigenvalue weighted by Gasteiger charge is 2.26. The molecule has 26 heavy (non-hydrogen) atoms. The van der Waals surface area contributed by atoms with Gasteiger partial charge in [0.15, 0.2) is 0 Å². The summed E-state index contributed by atoms with van der Waals surface area (Å²) < 4.78 is 24.3. The molecule has 2 amide bonds. The SMILES string of the molecule is Cc1cc(NC(=O)N(C)c2ccccc2)cc(C)c1S(=O)(=O)C[N+](=O)[O-]. The summed E-state index contributed by atoms with van der Waals surface area (Å²) in [5, 5.41) is 13.3. The van der Waals surface area contributed by atoms with Crippen LogP contribution in [0.4, 0.5) is 16.2 Å². The fourth-order valence-corrected chi connectivity index (χ4v) is 4.20. The number of carbonyl (C=O) groups excluding carboxylic acids is 1. The van der Waals surface area contributed by atoms with Crippen LogP contribution >= 0.6 is 0 Å². The summed E-state index contributed by atoms with van der Waals surface area (Å²) >= 11 is 0. The maximum atomic E-state index is 12.4. The van der Waals surface area contributed by atoms with Gasteiger partial charge in [0, 0.05) is 23.3 Å². The van der Waals surface area contributed by atoms with Gasteiger partial charge in [0.25, 0.3) is 0 Å². The third-order valence-electron chi connectivity index (χ3n) is 3.75. The van der Waals surface area contributed by atoms with Crippen molar-refractivity contribution in [2.24, 2.45) is 0 Å². The molecule has 0 unspecified atom stereocenters. The molecule has 9 heteroatoms. The number of hydrogen-bond acceptors (Lipinski definition) is 5. The second-order valence-electron chi connectivity index (χ2n) is 5.84. The molecule has 0 atom stereocenters. The molecule has 0 heterocycles. The average Bonchev–Trinajstić information content (AvgIpc) is 2.52. The molecule has 0 radical (unpaired) electrons. The van der Waals surface area contributed by atoms with Crippen LogP contribution in [0.1, 0.15) is 11.1 Å². The van der Waals surface area contributed by atoms with E-state index in [-0.39, 0.29) is 4.90 Å². The topological polar surface area (TPSA) is 110 Å². The summed E-state index contributed by atoms with van der Waals surface area (Å²) in [6.07, 6.45) is 0. The Hall–Kier alpha value is -2.94. The first-order valence-corrected chi connectivity index (χ1v) is 9.32. The van der Waals surface area contributed by atoms with Crippen LogP contribution in [0, 0.1) is 24.0 Å². The summed E-state index contributed by atoms with van der Waals surface area (Å²) in [5.74, 6) is -1.17. The maximum absolute atomic E-state index is 12.4. The van der Waals surface area contributed by atoms with Crippen molar-refractivity contribution in [1.82, 2.24) is 0 Å². The van der Waals surface area contributed by atoms with Crippen LogP contribution in [0.15, 0.2) is 47.4 Å². The number of rotatable bonds is 5. The van der Waals surface area contributed by atoms with Crippen LogP contribution in [0.25, 0.3) is 0 Å². The summed E-state index contributed by atoms with van der Waals surface area (Å²) in [4.78, 5) is 23.4. The summed E-state index contributed by atoms with van der Waals surface area (Å²) in [7, 11) is -2.44. The Kier molecular flexibility index (Phi) is 5.61. The van der Waals surface area contributed by atoms with Crippen molar-refractivity contribution in [3.63, 3.8) is 0 Å². The largest absolute Gasteiger partial charge is 0.326 e. The number of nitro groups is 1. The minimum Gasteiger partial charge on any atom is -0.308 e. The Morgan fingerprint density at radius 3 is 2.19 bits per heavy atom. The van der Waals surface area contributed by atoms with E-state index in [1.54, 1.807) is 19.2 Å². The van der Waals surface area contributed by atoms with Crippen molar-refractivity contribution < 1.29 is 18.1 Å². The predicted octanol–water partition coefficient (Wildman–Crippen LogP) is 2.98. The molecule has 0 bridgehead atoms. The molecule has 0 fully saturated rings. The lowest BCUT2D eigenvalue weighted by atomic mass is 10.1. The van der Waals surface area contributed by atoms with Gasteiger partial charge >= 0.3 is 11.9 Å². The van der Waals surface area contributed by atoms with Crippen LogP contribution in [0.3, 0.4) is 0 Å². The van der Waals surface area contributed by atoms with E-state index in [2.05, 4.69) is 5.32 Å². The molecule has 0 saturated heterocycles. The van der Waals surface area contributed by atoms with Crippen molar-refractivity contribution in [3.8, 4) is 0 Å². The Morgan fingerprint density at radius 2 is 1.69 bits per heavy atom. The van der Waals surface area contributed by atoms with Gasteiger partial charge in [0.05, 0.1) is 4.90 Å². The number of aryl methyl sites for hydroxylation is 2.